The van der Waals surface area contributed by atoms with Crippen molar-refractivity contribution in [3.05, 3.63) is 0 Å². The molecule has 0 aliphatic rings. The summed E-state index contributed by atoms with van der Waals surface area (Å²) in [6.45, 7) is 9.22. The zero-order valence-electron chi connectivity index (χ0n) is 13.5. The molecule has 0 aromatic carbocycles. The number of hydrogen-bond donors (Lipinski definition) is 1. The highest BCUT2D eigenvalue weighted by atomic mass is 16.5. The summed E-state index contributed by atoms with van der Waals surface area (Å²) >= 11 is 0. The first-order valence-corrected chi connectivity index (χ1v) is 7.18. The predicted octanol–water partition coefficient (Wildman–Crippen LogP) is 1.42. The van der Waals surface area contributed by atoms with E-state index in [1.54, 1.807) is 34.6 Å². The van der Waals surface area contributed by atoms with Crippen LogP contribution in [0.1, 0.15) is 34.6 Å². The molecule has 0 fully saturated rings. The van der Waals surface area contributed by atoms with Crippen molar-refractivity contribution in [2.75, 3.05) is 26.2 Å². The summed E-state index contributed by atoms with van der Waals surface area (Å²) in [6, 6.07) is -0.537. The number of amides is 2. The van der Waals surface area contributed by atoms with Gasteiger partial charge in [0, 0.05) is 19.1 Å². The van der Waals surface area contributed by atoms with Gasteiger partial charge in [-0.3, -0.25) is 9.59 Å². The first-order valence-electron chi connectivity index (χ1n) is 7.18. The molecule has 7 heteroatoms. The Morgan fingerprint density at radius 2 is 1.71 bits per heavy atom. The first-order chi connectivity index (χ1) is 9.74. The largest absolute Gasteiger partial charge is 0.481 e. The molecule has 0 heterocycles. The lowest BCUT2D eigenvalue weighted by Crippen LogP contribution is -2.50. The summed E-state index contributed by atoms with van der Waals surface area (Å²) in [7, 11) is 0. The summed E-state index contributed by atoms with van der Waals surface area (Å²) < 4.78 is 4.86. The third kappa shape index (κ3) is 6.46. The molecule has 0 aromatic rings. The lowest BCUT2D eigenvalue weighted by molar-refractivity contribution is -0.145. The Kier molecular flexibility index (Phi) is 8.42. The minimum absolute atomic E-state index is 0.108. The van der Waals surface area contributed by atoms with Crippen LogP contribution < -0.4 is 0 Å². The number of carbonyl (C=O) groups is 3. The van der Waals surface area contributed by atoms with E-state index in [1.165, 1.54) is 9.80 Å². The Labute approximate surface area is 125 Å². The quantitative estimate of drug-likeness (QED) is 0.685. The normalized spacial score (nSPS) is 11.9. The second-order valence-electron chi connectivity index (χ2n) is 5.09. The van der Waals surface area contributed by atoms with E-state index in [0.717, 1.165) is 0 Å². The minimum Gasteiger partial charge on any atom is -0.481 e. The van der Waals surface area contributed by atoms with E-state index in [-0.39, 0.29) is 31.8 Å². The highest BCUT2D eigenvalue weighted by Gasteiger charge is 2.27. The third-order valence-corrected chi connectivity index (χ3v) is 3.04. The van der Waals surface area contributed by atoms with E-state index in [2.05, 4.69) is 0 Å². The Balaban J connectivity index is 4.91. The summed E-state index contributed by atoms with van der Waals surface area (Å²) in [6.07, 6.45) is 0. The Hall–Kier alpha value is -1.79. The number of esters is 1. The molecule has 21 heavy (non-hydrogen) atoms. The molecular formula is C14H26N2O5. The van der Waals surface area contributed by atoms with Crippen molar-refractivity contribution in [3.63, 3.8) is 0 Å². The van der Waals surface area contributed by atoms with Crippen LogP contribution in [0.15, 0.2) is 0 Å². The molecule has 2 amide bonds. The predicted molar refractivity (Wildman–Crippen MR) is 77.9 cm³/mol. The van der Waals surface area contributed by atoms with Crippen molar-refractivity contribution in [2.24, 2.45) is 5.92 Å². The average molecular weight is 302 g/mol. The lowest BCUT2D eigenvalue weighted by atomic mass is 10.1. The number of carbonyl (C=O) groups excluding carboxylic acids is 2. The van der Waals surface area contributed by atoms with Crippen LogP contribution in [0.25, 0.3) is 0 Å². The molecular weight excluding hydrogens is 276 g/mol. The van der Waals surface area contributed by atoms with Gasteiger partial charge < -0.3 is 19.6 Å². The molecule has 0 aliphatic carbocycles. The van der Waals surface area contributed by atoms with Crippen LogP contribution in [-0.4, -0.2) is 65.2 Å². The number of rotatable bonds is 8. The number of hydrogen-bond acceptors (Lipinski definition) is 4. The topological polar surface area (TPSA) is 87.2 Å². The van der Waals surface area contributed by atoms with Gasteiger partial charge in [-0.15, -0.1) is 0 Å². The van der Waals surface area contributed by atoms with Crippen LogP contribution in [0.4, 0.5) is 4.79 Å². The van der Waals surface area contributed by atoms with Gasteiger partial charge in [0.05, 0.1) is 12.5 Å². The maximum absolute atomic E-state index is 12.5. The third-order valence-electron chi connectivity index (χ3n) is 3.04. The van der Waals surface area contributed by atoms with Crippen LogP contribution in [0, 0.1) is 5.92 Å². The molecule has 1 atom stereocenters. The van der Waals surface area contributed by atoms with Crippen molar-refractivity contribution in [1.82, 2.24) is 9.80 Å². The Morgan fingerprint density at radius 1 is 1.14 bits per heavy atom. The number of nitrogens with zero attached hydrogens (tertiary/aromatic N) is 2. The molecule has 0 spiro atoms. The van der Waals surface area contributed by atoms with Gasteiger partial charge in [0.1, 0.15) is 6.54 Å². The summed E-state index contributed by atoms with van der Waals surface area (Å²) in [4.78, 5) is 37.8. The average Bonchev–Trinajstić information content (AvgIpc) is 2.40. The van der Waals surface area contributed by atoms with Crippen molar-refractivity contribution in [3.8, 4) is 0 Å². The van der Waals surface area contributed by atoms with Gasteiger partial charge in [0.2, 0.25) is 0 Å². The fourth-order valence-electron chi connectivity index (χ4n) is 1.75. The van der Waals surface area contributed by atoms with Gasteiger partial charge >= 0.3 is 18.0 Å². The molecule has 0 saturated heterocycles. The van der Waals surface area contributed by atoms with E-state index in [9.17, 15) is 14.4 Å². The molecule has 0 rings (SSSR count). The van der Waals surface area contributed by atoms with Crippen LogP contribution in [-0.2, 0) is 14.3 Å². The molecule has 0 radical (unpaired) electrons. The van der Waals surface area contributed by atoms with Gasteiger partial charge in [-0.05, 0) is 27.7 Å². The molecule has 0 bridgehead atoms. The molecule has 0 aliphatic heterocycles. The van der Waals surface area contributed by atoms with Crippen molar-refractivity contribution >= 4 is 18.0 Å². The smallest absolute Gasteiger partial charge is 0.325 e. The van der Waals surface area contributed by atoms with Gasteiger partial charge in [-0.1, -0.05) is 6.92 Å². The van der Waals surface area contributed by atoms with Gasteiger partial charge in [0.25, 0.3) is 0 Å². The summed E-state index contributed by atoms with van der Waals surface area (Å²) in [5.74, 6) is -2.09. The number of carboxylic acid groups (broad SMARTS) is 1. The number of carboxylic acids is 1. The molecule has 1 N–H and O–H groups in total. The van der Waals surface area contributed by atoms with E-state index in [4.69, 9.17) is 9.84 Å². The zero-order chi connectivity index (χ0) is 16.6. The SMILES string of the molecule is CCOC(=O)CN(C(=O)N(CC)CC(C)C(=O)O)C(C)C. The molecule has 7 nitrogen and oxygen atoms in total. The highest BCUT2D eigenvalue weighted by molar-refractivity contribution is 5.81. The molecule has 122 valence electrons. The standard InChI is InChI=1S/C14H26N2O5/c1-6-15(8-11(5)13(18)19)14(20)16(10(3)4)9-12(17)21-7-2/h10-11H,6-9H2,1-5H3,(H,18,19). The van der Waals surface area contributed by atoms with Gasteiger partial charge in [0.15, 0.2) is 0 Å². The number of urea groups is 1. The van der Waals surface area contributed by atoms with Gasteiger partial charge in [-0.25, -0.2) is 4.79 Å². The van der Waals surface area contributed by atoms with Crippen LogP contribution in [0.3, 0.4) is 0 Å². The maximum Gasteiger partial charge on any atom is 0.325 e. The van der Waals surface area contributed by atoms with Crippen LogP contribution >= 0.6 is 0 Å². The fraction of sp³-hybridized carbons (Fsp3) is 0.786. The van der Waals surface area contributed by atoms with Crippen LogP contribution in [0.5, 0.6) is 0 Å². The summed E-state index contributed by atoms with van der Waals surface area (Å²) in [5.41, 5.74) is 0. The van der Waals surface area contributed by atoms with Crippen molar-refractivity contribution in [1.29, 1.82) is 0 Å². The van der Waals surface area contributed by atoms with Crippen LogP contribution in [0.2, 0.25) is 0 Å². The number of ether oxygens (including phenoxy) is 1. The minimum atomic E-state index is -0.956. The highest BCUT2D eigenvalue weighted by Crippen LogP contribution is 2.08. The van der Waals surface area contributed by atoms with E-state index >= 15 is 0 Å². The zero-order valence-corrected chi connectivity index (χ0v) is 13.5. The second kappa shape index (κ2) is 9.20. The summed E-state index contributed by atoms with van der Waals surface area (Å²) in [5, 5.41) is 8.95. The van der Waals surface area contributed by atoms with E-state index in [1.807, 2.05) is 0 Å². The fourth-order valence-corrected chi connectivity index (χ4v) is 1.75. The molecule has 0 aromatic heterocycles. The van der Waals surface area contributed by atoms with E-state index < -0.39 is 17.9 Å². The maximum atomic E-state index is 12.5. The Bertz CT molecular complexity index is 370. The van der Waals surface area contributed by atoms with Crippen molar-refractivity contribution in [2.45, 2.75) is 40.7 Å². The van der Waals surface area contributed by atoms with Gasteiger partial charge in [-0.2, -0.15) is 0 Å². The molecule has 0 saturated carbocycles. The number of aliphatic carboxylic acids is 1. The monoisotopic (exact) mass is 302 g/mol. The Morgan fingerprint density at radius 3 is 2.10 bits per heavy atom. The first kappa shape index (κ1) is 19.2. The second-order valence-corrected chi connectivity index (χ2v) is 5.09. The van der Waals surface area contributed by atoms with E-state index in [0.29, 0.717) is 6.54 Å². The molecule has 1 unspecified atom stereocenters. The van der Waals surface area contributed by atoms with Crippen molar-refractivity contribution < 1.29 is 24.2 Å². The lowest BCUT2D eigenvalue weighted by Gasteiger charge is -2.32.